The normalized spacial score (nSPS) is 18.5. The Kier molecular flexibility index (Phi) is 6.57. The highest BCUT2D eigenvalue weighted by molar-refractivity contribution is 6.46. The van der Waals surface area contributed by atoms with E-state index in [1.165, 1.54) is 48.4 Å². The second-order valence-corrected chi connectivity index (χ2v) is 7.30. The number of Topliss-reactive ketones (excluding diaryl/α,β-unsaturated/α-hetero) is 1. The summed E-state index contributed by atoms with van der Waals surface area (Å²) < 4.78 is 19.6. The summed E-state index contributed by atoms with van der Waals surface area (Å²) in [5.41, 5.74) is 0.122. The minimum Gasteiger partial charge on any atom is -0.507 e. The Hall–Kier alpha value is -2.41. The average Bonchev–Trinajstić information content (AvgIpc) is 2.95. The molecule has 2 aromatic carbocycles. The molecule has 1 heterocycles. The van der Waals surface area contributed by atoms with Gasteiger partial charge in [0.15, 0.2) is 0 Å². The molecule has 3 rings (SSSR count). The Morgan fingerprint density at radius 3 is 2.55 bits per heavy atom. The van der Waals surface area contributed by atoms with Crippen LogP contribution in [0, 0.1) is 5.82 Å². The molecule has 1 aliphatic rings. The number of nitrogens with zero attached hydrogens (tertiary/aromatic N) is 1. The lowest BCUT2D eigenvalue weighted by atomic mass is 9.95. The molecule has 1 aliphatic heterocycles. The van der Waals surface area contributed by atoms with Gasteiger partial charge < -0.3 is 14.7 Å². The van der Waals surface area contributed by atoms with E-state index >= 15 is 0 Å². The number of methoxy groups -OCH3 is 1. The first-order valence-corrected chi connectivity index (χ1v) is 9.59. The van der Waals surface area contributed by atoms with Crippen LogP contribution in [0.15, 0.2) is 48.0 Å². The molecular weight excluding hydrogens is 420 g/mol. The van der Waals surface area contributed by atoms with Crippen LogP contribution in [0.3, 0.4) is 0 Å². The molecule has 5 nitrogen and oxygen atoms in total. The Labute approximate surface area is 177 Å². The van der Waals surface area contributed by atoms with Gasteiger partial charge in [-0.15, -0.1) is 0 Å². The van der Waals surface area contributed by atoms with Crippen molar-refractivity contribution in [2.24, 2.45) is 0 Å². The minimum absolute atomic E-state index is 0.116. The van der Waals surface area contributed by atoms with Crippen molar-refractivity contribution in [1.29, 1.82) is 0 Å². The SMILES string of the molecule is COCCCN1C(=O)C(=O)/C(=C(/O)c2ccc(Cl)c(Cl)c2)C1c1ccccc1F. The van der Waals surface area contributed by atoms with Crippen molar-refractivity contribution >= 4 is 40.7 Å². The van der Waals surface area contributed by atoms with Crippen LogP contribution in [-0.2, 0) is 14.3 Å². The topological polar surface area (TPSA) is 66.8 Å². The van der Waals surface area contributed by atoms with Crippen LogP contribution in [0.5, 0.6) is 0 Å². The fraction of sp³-hybridized carbons (Fsp3) is 0.238. The van der Waals surface area contributed by atoms with E-state index in [-0.39, 0.29) is 33.3 Å². The van der Waals surface area contributed by atoms with Gasteiger partial charge in [0.1, 0.15) is 11.6 Å². The van der Waals surface area contributed by atoms with Crippen molar-refractivity contribution in [3.8, 4) is 0 Å². The van der Waals surface area contributed by atoms with Crippen molar-refractivity contribution < 1.29 is 23.8 Å². The molecule has 1 amide bonds. The number of rotatable bonds is 6. The molecule has 0 radical (unpaired) electrons. The van der Waals surface area contributed by atoms with Crippen LogP contribution in [-0.4, -0.2) is 42.0 Å². The summed E-state index contributed by atoms with van der Waals surface area (Å²) in [5.74, 6) is -2.73. The molecule has 1 fully saturated rings. The van der Waals surface area contributed by atoms with Crippen LogP contribution in [0.1, 0.15) is 23.6 Å². The van der Waals surface area contributed by atoms with Gasteiger partial charge in [0.05, 0.1) is 21.7 Å². The molecule has 2 aromatic rings. The zero-order valence-corrected chi connectivity index (χ0v) is 17.0. The number of benzene rings is 2. The highest BCUT2D eigenvalue weighted by Gasteiger charge is 2.46. The molecule has 1 unspecified atom stereocenters. The number of carbonyl (C=O) groups is 2. The number of ketones is 1. The lowest BCUT2D eigenvalue weighted by molar-refractivity contribution is -0.140. The first kappa shape index (κ1) is 21.3. The standard InChI is InChI=1S/C21H18Cl2FNO4/c1-29-10-4-9-25-18(13-5-2-3-6-16(13)24)17(20(27)21(25)28)19(26)12-7-8-14(22)15(23)11-12/h2-3,5-8,11,18,26H,4,9-10H2,1H3/b19-17+. The van der Waals surface area contributed by atoms with E-state index in [1.807, 2.05) is 0 Å². The van der Waals surface area contributed by atoms with Gasteiger partial charge >= 0.3 is 0 Å². The number of amides is 1. The summed E-state index contributed by atoms with van der Waals surface area (Å²) >= 11 is 11.9. The third-order valence-corrected chi connectivity index (χ3v) is 5.42. The fourth-order valence-electron chi connectivity index (χ4n) is 3.31. The summed E-state index contributed by atoms with van der Waals surface area (Å²) in [6.07, 6.45) is 0.446. The Bertz CT molecular complexity index is 992. The summed E-state index contributed by atoms with van der Waals surface area (Å²) in [6, 6.07) is 9.09. The maximum Gasteiger partial charge on any atom is 0.295 e. The molecule has 1 atom stereocenters. The van der Waals surface area contributed by atoms with Gasteiger partial charge in [-0.3, -0.25) is 9.59 Å². The van der Waals surface area contributed by atoms with E-state index in [0.29, 0.717) is 13.0 Å². The Morgan fingerprint density at radius 1 is 1.17 bits per heavy atom. The lowest BCUT2D eigenvalue weighted by Crippen LogP contribution is -2.31. The fourth-order valence-corrected chi connectivity index (χ4v) is 3.61. The van der Waals surface area contributed by atoms with Crippen molar-refractivity contribution in [3.05, 3.63) is 75.0 Å². The maximum atomic E-state index is 14.6. The van der Waals surface area contributed by atoms with Crippen LogP contribution in [0.2, 0.25) is 10.0 Å². The number of aliphatic hydroxyl groups is 1. The van der Waals surface area contributed by atoms with E-state index in [9.17, 15) is 19.1 Å². The van der Waals surface area contributed by atoms with Gasteiger partial charge in [0.25, 0.3) is 11.7 Å². The van der Waals surface area contributed by atoms with Crippen LogP contribution >= 0.6 is 23.2 Å². The van der Waals surface area contributed by atoms with Gasteiger partial charge in [-0.25, -0.2) is 4.39 Å². The first-order valence-electron chi connectivity index (χ1n) is 8.84. The van der Waals surface area contributed by atoms with Crippen LogP contribution < -0.4 is 0 Å². The predicted octanol–water partition coefficient (Wildman–Crippen LogP) is 4.59. The number of aliphatic hydroxyl groups excluding tert-OH is 1. The number of hydrogen-bond acceptors (Lipinski definition) is 4. The number of hydrogen-bond donors (Lipinski definition) is 1. The van der Waals surface area contributed by atoms with Crippen LogP contribution in [0.25, 0.3) is 5.76 Å². The van der Waals surface area contributed by atoms with E-state index < -0.39 is 29.3 Å². The Balaban J connectivity index is 2.16. The average molecular weight is 438 g/mol. The van der Waals surface area contributed by atoms with E-state index in [1.54, 1.807) is 6.07 Å². The highest BCUT2D eigenvalue weighted by Crippen LogP contribution is 2.40. The summed E-state index contributed by atoms with van der Waals surface area (Å²) in [7, 11) is 1.52. The van der Waals surface area contributed by atoms with Gasteiger partial charge in [-0.05, 0) is 30.7 Å². The summed E-state index contributed by atoms with van der Waals surface area (Å²) in [6.45, 7) is 0.523. The van der Waals surface area contributed by atoms with Crippen molar-refractivity contribution in [2.75, 3.05) is 20.3 Å². The minimum atomic E-state index is -1.07. The van der Waals surface area contributed by atoms with E-state index in [2.05, 4.69) is 0 Å². The molecule has 152 valence electrons. The molecule has 0 spiro atoms. The zero-order valence-electron chi connectivity index (χ0n) is 15.5. The summed E-state index contributed by atoms with van der Waals surface area (Å²) in [4.78, 5) is 26.7. The molecule has 0 aromatic heterocycles. The second-order valence-electron chi connectivity index (χ2n) is 6.49. The first-order chi connectivity index (χ1) is 13.9. The monoisotopic (exact) mass is 437 g/mol. The molecule has 1 saturated heterocycles. The molecule has 1 N–H and O–H groups in total. The predicted molar refractivity (Wildman–Crippen MR) is 108 cm³/mol. The maximum absolute atomic E-state index is 14.6. The van der Waals surface area contributed by atoms with Gasteiger partial charge in [-0.1, -0.05) is 41.4 Å². The largest absolute Gasteiger partial charge is 0.507 e. The van der Waals surface area contributed by atoms with Gasteiger partial charge in [0.2, 0.25) is 0 Å². The number of ether oxygens (including phenoxy) is 1. The highest BCUT2D eigenvalue weighted by atomic mass is 35.5. The molecular formula is C21H18Cl2FNO4. The smallest absolute Gasteiger partial charge is 0.295 e. The number of halogens is 3. The third kappa shape index (κ3) is 4.15. The molecule has 29 heavy (non-hydrogen) atoms. The molecule has 8 heteroatoms. The van der Waals surface area contributed by atoms with Gasteiger partial charge in [-0.2, -0.15) is 0 Å². The number of likely N-dealkylation sites (tertiary alicyclic amines) is 1. The molecule has 0 saturated carbocycles. The zero-order chi connectivity index (χ0) is 21.1. The number of carbonyl (C=O) groups excluding carboxylic acids is 2. The second kappa shape index (κ2) is 8.95. The van der Waals surface area contributed by atoms with E-state index in [4.69, 9.17) is 27.9 Å². The Morgan fingerprint density at radius 2 is 1.90 bits per heavy atom. The third-order valence-electron chi connectivity index (χ3n) is 4.68. The summed E-state index contributed by atoms with van der Waals surface area (Å²) in [5, 5.41) is 11.3. The van der Waals surface area contributed by atoms with E-state index in [0.717, 1.165) is 0 Å². The van der Waals surface area contributed by atoms with Gasteiger partial charge in [0, 0.05) is 31.4 Å². The van der Waals surface area contributed by atoms with Crippen molar-refractivity contribution in [1.82, 2.24) is 4.90 Å². The van der Waals surface area contributed by atoms with Crippen LogP contribution in [0.4, 0.5) is 4.39 Å². The van der Waals surface area contributed by atoms with Crippen molar-refractivity contribution in [2.45, 2.75) is 12.5 Å². The lowest BCUT2D eigenvalue weighted by Gasteiger charge is -2.25. The quantitative estimate of drug-likeness (QED) is 0.310. The molecule has 0 bridgehead atoms. The van der Waals surface area contributed by atoms with Crippen molar-refractivity contribution in [3.63, 3.8) is 0 Å². The molecule has 0 aliphatic carbocycles.